The highest BCUT2D eigenvalue weighted by Gasteiger charge is 2.24. The minimum Gasteiger partial charge on any atom is -0.480 e. The molecule has 5 rings (SSSR count). The second kappa shape index (κ2) is 6.77. The Morgan fingerprint density at radius 1 is 1.31 bits per heavy atom. The van der Waals surface area contributed by atoms with E-state index in [9.17, 15) is 4.79 Å². The molecular formula is C20H21N7O2. The highest BCUT2D eigenvalue weighted by molar-refractivity contribution is 5.97. The zero-order valence-electron chi connectivity index (χ0n) is 16.2. The van der Waals surface area contributed by atoms with Crippen molar-refractivity contribution in [2.45, 2.75) is 18.9 Å². The van der Waals surface area contributed by atoms with E-state index < -0.39 is 0 Å². The van der Waals surface area contributed by atoms with E-state index in [1.807, 2.05) is 42.2 Å². The fourth-order valence-corrected chi connectivity index (χ4v) is 3.83. The van der Waals surface area contributed by atoms with Crippen molar-refractivity contribution in [3.8, 4) is 17.0 Å². The lowest BCUT2D eigenvalue weighted by molar-refractivity contribution is -0.132. The van der Waals surface area contributed by atoms with Crippen LogP contribution in [0.15, 0.2) is 36.9 Å². The van der Waals surface area contributed by atoms with Gasteiger partial charge in [0.2, 0.25) is 17.7 Å². The summed E-state index contributed by atoms with van der Waals surface area (Å²) in [5.41, 5.74) is 3.55. The minimum absolute atomic E-state index is 0.109. The first-order valence-corrected chi connectivity index (χ1v) is 9.49. The number of hydrogen-bond donors (Lipinski definition) is 2. The first kappa shape index (κ1) is 17.5. The smallest absolute Gasteiger partial charge is 0.228 e. The molecule has 1 fully saturated rings. The first-order valence-electron chi connectivity index (χ1n) is 9.49. The molecule has 1 atom stereocenters. The number of aromatic amines is 1. The number of aromatic nitrogens is 5. The summed E-state index contributed by atoms with van der Waals surface area (Å²) >= 11 is 0. The van der Waals surface area contributed by atoms with Crippen molar-refractivity contribution in [1.82, 2.24) is 29.2 Å². The van der Waals surface area contributed by atoms with E-state index in [4.69, 9.17) is 4.74 Å². The zero-order chi connectivity index (χ0) is 20.0. The van der Waals surface area contributed by atoms with Crippen molar-refractivity contribution in [2.24, 2.45) is 0 Å². The summed E-state index contributed by atoms with van der Waals surface area (Å²) in [4.78, 5) is 30.2. The van der Waals surface area contributed by atoms with Crippen molar-refractivity contribution in [1.29, 1.82) is 0 Å². The van der Waals surface area contributed by atoms with E-state index in [1.54, 1.807) is 18.2 Å². The summed E-state index contributed by atoms with van der Waals surface area (Å²) in [7, 11) is 3.42. The summed E-state index contributed by atoms with van der Waals surface area (Å²) in [5.74, 6) is 1.15. The van der Waals surface area contributed by atoms with Crippen LogP contribution in [0.5, 0.6) is 5.88 Å². The lowest BCUT2D eigenvalue weighted by Gasteiger charge is -2.30. The van der Waals surface area contributed by atoms with Crippen molar-refractivity contribution in [2.75, 3.05) is 26.0 Å². The Kier molecular flexibility index (Phi) is 4.08. The topological polar surface area (TPSA) is 100 Å². The molecular weight excluding hydrogens is 370 g/mol. The van der Waals surface area contributed by atoms with Crippen LogP contribution in [0.1, 0.15) is 12.8 Å². The van der Waals surface area contributed by atoms with E-state index >= 15 is 0 Å². The van der Waals surface area contributed by atoms with Gasteiger partial charge in [0.15, 0.2) is 0 Å². The van der Waals surface area contributed by atoms with Gasteiger partial charge < -0.3 is 24.3 Å². The number of H-pyrrole nitrogens is 1. The number of ether oxygens (including phenoxy) is 1. The Hall–Kier alpha value is -3.62. The average Bonchev–Trinajstić information content (AvgIpc) is 3.36. The quantitative estimate of drug-likeness (QED) is 0.554. The molecule has 0 radical (unpaired) electrons. The van der Waals surface area contributed by atoms with Crippen molar-refractivity contribution < 1.29 is 9.53 Å². The lowest BCUT2D eigenvalue weighted by Crippen LogP contribution is -2.43. The second-order valence-electron chi connectivity index (χ2n) is 7.25. The fraction of sp³-hybridized carbons (Fsp3) is 0.300. The number of carbonyl (C=O) groups is 1. The largest absolute Gasteiger partial charge is 0.480 e. The first-order chi connectivity index (χ1) is 14.1. The van der Waals surface area contributed by atoms with E-state index in [1.165, 1.54) is 0 Å². The van der Waals surface area contributed by atoms with Crippen LogP contribution in [0.4, 0.5) is 5.95 Å². The molecule has 29 heavy (non-hydrogen) atoms. The molecule has 2 N–H and O–H groups in total. The third-order valence-electron chi connectivity index (χ3n) is 5.35. The van der Waals surface area contributed by atoms with Gasteiger partial charge in [0.1, 0.15) is 11.3 Å². The van der Waals surface area contributed by atoms with Crippen LogP contribution < -0.4 is 10.1 Å². The molecule has 1 aliphatic rings. The second-order valence-corrected chi connectivity index (χ2v) is 7.25. The maximum atomic E-state index is 11.7. The SMILES string of the molecule is COc1nc(NC2CCC(=O)N(C)C2)nc2[nH]cc(-c3ccc4nccn4c3)c12. The fourth-order valence-electron chi connectivity index (χ4n) is 3.83. The Morgan fingerprint density at radius 3 is 3.03 bits per heavy atom. The molecule has 1 aliphatic heterocycles. The summed E-state index contributed by atoms with van der Waals surface area (Å²) in [6.45, 7) is 0.628. The minimum atomic E-state index is 0.109. The molecule has 1 saturated heterocycles. The summed E-state index contributed by atoms with van der Waals surface area (Å²) < 4.78 is 7.56. The molecule has 0 saturated carbocycles. The number of imidazole rings is 1. The number of likely N-dealkylation sites (N-methyl/N-ethyl adjacent to an activating group) is 1. The number of amides is 1. The van der Waals surface area contributed by atoms with Gasteiger partial charge in [-0.2, -0.15) is 9.97 Å². The van der Waals surface area contributed by atoms with Gasteiger partial charge in [-0.05, 0) is 18.6 Å². The number of pyridine rings is 1. The molecule has 0 spiro atoms. The number of hydrogen-bond acceptors (Lipinski definition) is 6. The van der Waals surface area contributed by atoms with Crippen molar-refractivity contribution in [3.05, 3.63) is 36.9 Å². The molecule has 0 aliphatic carbocycles. The van der Waals surface area contributed by atoms with Gasteiger partial charge in [0.25, 0.3) is 0 Å². The van der Waals surface area contributed by atoms with Crippen LogP contribution in [0.2, 0.25) is 0 Å². The van der Waals surface area contributed by atoms with Gasteiger partial charge in [0, 0.05) is 62.0 Å². The van der Waals surface area contributed by atoms with Crippen LogP contribution in [0, 0.1) is 0 Å². The van der Waals surface area contributed by atoms with Crippen LogP contribution in [-0.4, -0.2) is 61.9 Å². The molecule has 5 heterocycles. The number of likely N-dealkylation sites (tertiary alicyclic amines) is 1. The van der Waals surface area contributed by atoms with Gasteiger partial charge in [-0.25, -0.2) is 4.98 Å². The number of nitrogens with one attached hydrogen (secondary N) is 2. The molecule has 148 valence electrons. The Bertz CT molecular complexity index is 1210. The van der Waals surface area contributed by atoms with Gasteiger partial charge in [-0.1, -0.05) is 0 Å². The normalized spacial score (nSPS) is 17.2. The van der Waals surface area contributed by atoms with E-state index in [2.05, 4.69) is 25.3 Å². The maximum absolute atomic E-state index is 11.7. The number of carbonyl (C=O) groups excluding carboxylic acids is 1. The maximum Gasteiger partial charge on any atom is 0.228 e. The highest BCUT2D eigenvalue weighted by atomic mass is 16.5. The van der Waals surface area contributed by atoms with Crippen molar-refractivity contribution >= 4 is 28.5 Å². The van der Waals surface area contributed by atoms with E-state index in [-0.39, 0.29) is 11.9 Å². The van der Waals surface area contributed by atoms with E-state index in [0.717, 1.165) is 28.6 Å². The van der Waals surface area contributed by atoms with Crippen LogP contribution >= 0.6 is 0 Å². The summed E-state index contributed by atoms with van der Waals surface area (Å²) in [5, 5.41) is 4.17. The molecule has 1 unspecified atom stereocenters. The third-order valence-corrected chi connectivity index (χ3v) is 5.35. The molecule has 4 aromatic rings. The Morgan fingerprint density at radius 2 is 2.21 bits per heavy atom. The number of piperidine rings is 1. The Balaban J connectivity index is 1.51. The van der Waals surface area contributed by atoms with Crippen LogP contribution in [-0.2, 0) is 4.79 Å². The molecule has 1 amide bonds. The van der Waals surface area contributed by atoms with Gasteiger partial charge in [-0.15, -0.1) is 0 Å². The summed E-state index contributed by atoms with van der Waals surface area (Å²) in [6.07, 6.45) is 8.90. The van der Waals surface area contributed by atoms with Gasteiger partial charge >= 0.3 is 0 Å². The van der Waals surface area contributed by atoms with E-state index in [0.29, 0.717) is 30.4 Å². The summed E-state index contributed by atoms with van der Waals surface area (Å²) in [6, 6.07) is 4.10. The Labute approximate surface area is 166 Å². The van der Waals surface area contributed by atoms with Gasteiger partial charge in [-0.3, -0.25) is 4.79 Å². The third kappa shape index (κ3) is 3.04. The average molecular weight is 391 g/mol. The molecule has 9 nitrogen and oxygen atoms in total. The zero-order valence-corrected chi connectivity index (χ0v) is 16.2. The lowest BCUT2D eigenvalue weighted by atomic mass is 10.1. The standard InChI is InChI=1S/C20H21N7O2/c1-26-11-13(4-6-16(26)28)23-20-24-18-17(19(25-20)29-2)14(9-22-18)12-3-5-15-21-7-8-27(15)10-12/h3,5,7-10,13H,4,6,11H2,1-2H3,(H2,22,23,24,25). The predicted octanol–water partition coefficient (Wildman–Crippen LogP) is 2.31. The van der Waals surface area contributed by atoms with Crippen LogP contribution in [0.3, 0.4) is 0 Å². The molecule has 0 bridgehead atoms. The molecule has 0 aromatic carbocycles. The molecule has 9 heteroatoms. The van der Waals surface area contributed by atoms with Crippen molar-refractivity contribution in [3.63, 3.8) is 0 Å². The predicted molar refractivity (Wildman–Crippen MR) is 109 cm³/mol. The number of nitrogens with zero attached hydrogens (tertiary/aromatic N) is 5. The molecule has 4 aromatic heterocycles. The highest BCUT2D eigenvalue weighted by Crippen LogP contribution is 2.34. The number of rotatable bonds is 4. The monoisotopic (exact) mass is 391 g/mol. The number of anilines is 1. The number of methoxy groups -OCH3 is 1. The van der Waals surface area contributed by atoms with Gasteiger partial charge in [0.05, 0.1) is 12.5 Å². The van der Waals surface area contributed by atoms with Crippen LogP contribution in [0.25, 0.3) is 27.8 Å². The number of fused-ring (bicyclic) bond motifs is 2.